The fraction of sp³-hybridized carbons (Fsp3) is 1.00. The second-order valence-electron chi connectivity index (χ2n) is 3.20. The zero-order chi connectivity index (χ0) is 7.61. The van der Waals surface area contributed by atoms with Crippen LogP contribution < -0.4 is 5.32 Å². The second kappa shape index (κ2) is 2.86. The fourth-order valence-corrected chi connectivity index (χ4v) is 1.34. The predicted molar refractivity (Wildman–Crippen MR) is 41.0 cm³/mol. The SMILES string of the molecule is CN(C)C1(CCO)CNC1. The lowest BCUT2D eigenvalue weighted by atomic mass is 9.88. The molecule has 0 saturated carbocycles. The van der Waals surface area contributed by atoms with Crippen LogP contribution in [0.15, 0.2) is 0 Å². The molecule has 0 unspecified atom stereocenters. The lowest BCUT2D eigenvalue weighted by Crippen LogP contribution is -2.67. The number of aliphatic hydroxyl groups is 1. The van der Waals surface area contributed by atoms with Gasteiger partial charge in [-0.15, -0.1) is 0 Å². The number of nitrogens with one attached hydrogen (secondary N) is 1. The van der Waals surface area contributed by atoms with Crippen LogP contribution in [0.3, 0.4) is 0 Å². The summed E-state index contributed by atoms with van der Waals surface area (Å²) in [4.78, 5) is 2.19. The van der Waals surface area contributed by atoms with Crippen LogP contribution in [0.25, 0.3) is 0 Å². The summed E-state index contributed by atoms with van der Waals surface area (Å²) in [7, 11) is 4.13. The fourth-order valence-electron chi connectivity index (χ4n) is 1.34. The van der Waals surface area contributed by atoms with Gasteiger partial charge in [-0.3, -0.25) is 0 Å². The molecule has 10 heavy (non-hydrogen) atoms. The molecule has 0 aromatic rings. The number of aliphatic hydroxyl groups excluding tert-OH is 1. The molecule has 3 nitrogen and oxygen atoms in total. The summed E-state index contributed by atoms with van der Waals surface area (Å²) >= 11 is 0. The van der Waals surface area contributed by atoms with Crippen LogP contribution in [0.1, 0.15) is 6.42 Å². The van der Waals surface area contributed by atoms with Gasteiger partial charge < -0.3 is 15.3 Å². The first-order valence-corrected chi connectivity index (χ1v) is 3.70. The van der Waals surface area contributed by atoms with Crippen molar-refractivity contribution in [3.63, 3.8) is 0 Å². The van der Waals surface area contributed by atoms with Gasteiger partial charge in [0.1, 0.15) is 0 Å². The van der Waals surface area contributed by atoms with Gasteiger partial charge >= 0.3 is 0 Å². The monoisotopic (exact) mass is 144 g/mol. The van der Waals surface area contributed by atoms with E-state index in [1.165, 1.54) is 0 Å². The average molecular weight is 144 g/mol. The molecule has 1 heterocycles. The van der Waals surface area contributed by atoms with Crippen LogP contribution in [-0.4, -0.2) is 49.3 Å². The van der Waals surface area contributed by atoms with Gasteiger partial charge in [0, 0.05) is 25.2 Å². The van der Waals surface area contributed by atoms with E-state index >= 15 is 0 Å². The van der Waals surface area contributed by atoms with Crippen molar-refractivity contribution in [2.24, 2.45) is 0 Å². The Balaban J connectivity index is 2.42. The van der Waals surface area contributed by atoms with E-state index < -0.39 is 0 Å². The molecule has 0 spiro atoms. The highest BCUT2D eigenvalue weighted by molar-refractivity contribution is 4.99. The summed E-state index contributed by atoms with van der Waals surface area (Å²) in [5, 5.41) is 12.0. The normalized spacial score (nSPS) is 22.8. The van der Waals surface area contributed by atoms with Gasteiger partial charge in [0.2, 0.25) is 0 Å². The number of hydrogen-bond acceptors (Lipinski definition) is 3. The van der Waals surface area contributed by atoms with E-state index in [0.717, 1.165) is 19.5 Å². The molecule has 0 bridgehead atoms. The minimum atomic E-state index is 0.245. The Morgan fingerprint density at radius 2 is 2.10 bits per heavy atom. The second-order valence-corrected chi connectivity index (χ2v) is 3.20. The molecule has 0 radical (unpaired) electrons. The van der Waals surface area contributed by atoms with Crippen LogP contribution in [0.5, 0.6) is 0 Å². The average Bonchev–Trinajstić information content (AvgIpc) is 1.77. The van der Waals surface area contributed by atoms with Gasteiger partial charge in [-0.2, -0.15) is 0 Å². The summed E-state index contributed by atoms with van der Waals surface area (Å²) in [6, 6.07) is 0. The van der Waals surface area contributed by atoms with Crippen LogP contribution in [-0.2, 0) is 0 Å². The predicted octanol–water partition coefficient (Wildman–Crippen LogP) is -0.728. The van der Waals surface area contributed by atoms with E-state index in [0.29, 0.717) is 6.61 Å². The van der Waals surface area contributed by atoms with E-state index in [-0.39, 0.29) is 5.54 Å². The maximum atomic E-state index is 8.76. The number of nitrogens with zero attached hydrogens (tertiary/aromatic N) is 1. The van der Waals surface area contributed by atoms with E-state index in [1.54, 1.807) is 0 Å². The largest absolute Gasteiger partial charge is 0.396 e. The van der Waals surface area contributed by atoms with Crippen molar-refractivity contribution in [3.05, 3.63) is 0 Å². The van der Waals surface area contributed by atoms with Crippen molar-refractivity contribution in [1.82, 2.24) is 10.2 Å². The third-order valence-electron chi connectivity index (χ3n) is 2.43. The first-order valence-electron chi connectivity index (χ1n) is 3.70. The summed E-state index contributed by atoms with van der Waals surface area (Å²) in [6.07, 6.45) is 0.882. The maximum Gasteiger partial charge on any atom is 0.0474 e. The van der Waals surface area contributed by atoms with Crippen LogP contribution in [0.2, 0.25) is 0 Å². The molecular weight excluding hydrogens is 128 g/mol. The van der Waals surface area contributed by atoms with E-state index in [2.05, 4.69) is 24.3 Å². The minimum absolute atomic E-state index is 0.245. The molecule has 1 rings (SSSR count). The molecule has 1 saturated heterocycles. The zero-order valence-corrected chi connectivity index (χ0v) is 6.72. The Kier molecular flexibility index (Phi) is 2.28. The van der Waals surface area contributed by atoms with E-state index in [9.17, 15) is 0 Å². The summed E-state index contributed by atoms with van der Waals surface area (Å²) in [5.41, 5.74) is 0.245. The first kappa shape index (κ1) is 7.98. The van der Waals surface area contributed by atoms with E-state index in [4.69, 9.17) is 5.11 Å². The molecule has 0 aromatic heterocycles. The standard InChI is InChI=1S/C7H16N2O/c1-9(2)7(3-4-10)5-8-6-7/h8,10H,3-6H2,1-2H3. The van der Waals surface area contributed by atoms with Gasteiger partial charge in [0.25, 0.3) is 0 Å². The highest BCUT2D eigenvalue weighted by Crippen LogP contribution is 2.20. The van der Waals surface area contributed by atoms with Crippen molar-refractivity contribution in [2.45, 2.75) is 12.0 Å². The molecule has 0 aromatic carbocycles. The minimum Gasteiger partial charge on any atom is -0.396 e. The molecule has 1 fully saturated rings. The van der Waals surface area contributed by atoms with Crippen molar-refractivity contribution < 1.29 is 5.11 Å². The van der Waals surface area contributed by atoms with Gasteiger partial charge in [0.15, 0.2) is 0 Å². The third kappa shape index (κ3) is 1.17. The summed E-state index contributed by atoms with van der Waals surface area (Å²) < 4.78 is 0. The van der Waals surface area contributed by atoms with Crippen LogP contribution in [0.4, 0.5) is 0 Å². The van der Waals surface area contributed by atoms with Gasteiger partial charge in [-0.05, 0) is 20.5 Å². The van der Waals surface area contributed by atoms with E-state index in [1.807, 2.05) is 0 Å². The highest BCUT2D eigenvalue weighted by atomic mass is 16.3. The van der Waals surface area contributed by atoms with Crippen molar-refractivity contribution in [1.29, 1.82) is 0 Å². The number of hydrogen-bond donors (Lipinski definition) is 2. The Morgan fingerprint density at radius 1 is 1.50 bits per heavy atom. The Labute approximate surface area is 62.0 Å². The molecule has 60 valence electrons. The Bertz CT molecular complexity index is 110. The van der Waals surface area contributed by atoms with Crippen molar-refractivity contribution in [3.8, 4) is 0 Å². The molecule has 2 N–H and O–H groups in total. The van der Waals surface area contributed by atoms with Crippen molar-refractivity contribution >= 4 is 0 Å². The molecule has 0 atom stereocenters. The molecule has 1 aliphatic rings. The topological polar surface area (TPSA) is 35.5 Å². The lowest BCUT2D eigenvalue weighted by Gasteiger charge is -2.47. The smallest absolute Gasteiger partial charge is 0.0474 e. The quantitative estimate of drug-likeness (QED) is 0.548. The van der Waals surface area contributed by atoms with Gasteiger partial charge in [0.05, 0.1) is 0 Å². The Hall–Kier alpha value is -0.120. The molecule has 0 amide bonds. The van der Waals surface area contributed by atoms with Crippen LogP contribution in [0, 0.1) is 0 Å². The molecule has 3 heteroatoms. The first-order chi connectivity index (χ1) is 4.71. The number of rotatable bonds is 3. The zero-order valence-electron chi connectivity index (χ0n) is 6.72. The Morgan fingerprint density at radius 3 is 2.20 bits per heavy atom. The maximum absolute atomic E-state index is 8.76. The molecular formula is C7H16N2O. The lowest BCUT2D eigenvalue weighted by molar-refractivity contribution is 0.0562. The van der Waals surface area contributed by atoms with Crippen molar-refractivity contribution in [2.75, 3.05) is 33.8 Å². The molecule has 1 aliphatic heterocycles. The summed E-state index contributed by atoms with van der Waals surface area (Å²) in [6.45, 7) is 2.32. The van der Waals surface area contributed by atoms with Gasteiger partial charge in [-0.25, -0.2) is 0 Å². The number of likely N-dealkylation sites (N-methyl/N-ethyl adjacent to an activating group) is 1. The summed E-state index contributed by atoms with van der Waals surface area (Å²) in [5.74, 6) is 0. The van der Waals surface area contributed by atoms with Crippen LogP contribution >= 0.6 is 0 Å². The molecule has 0 aliphatic carbocycles. The third-order valence-corrected chi connectivity index (χ3v) is 2.43. The van der Waals surface area contributed by atoms with Gasteiger partial charge in [-0.1, -0.05) is 0 Å². The highest BCUT2D eigenvalue weighted by Gasteiger charge is 2.37.